The van der Waals surface area contributed by atoms with Crippen LogP contribution in [0.2, 0.25) is 5.02 Å². The van der Waals surface area contributed by atoms with Gasteiger partial charge in [0.1, 0.15) is 0 Å². The highest BCUT2D eigenvalue weighted by Crippen LogP contribution is 2.17. The summed E-state index contributed by atoms with van der Waals surface area (Å²) in [6.07, 6.45) is -0.843. The van der Waals surface area contributed by atoms with E-state index < -0.39 is 12.1 Å². The van der Waals surface area contributed by atoms with Crippen molar-refractivity contribution in [2.24, 2.45) is 0 Å². The molecule has 2 rings (SSSR count). The van der Waals surface area contributed by atoms with Crippen molar-refractivity contribution in [1.82, 2.24) is 0 Å². The predicted octanol–water partition coefficient (Wildman–Crippen LogP) is 4.14. The summed E-state index contributed by atoms with van der Waals surface area (Å²) in [6, 6.07) is 16.5. The van der Waals surface area contributed by atoms with Gasteiger partial charge in [0, 0.05) is 16.5 Å². The molecule has 1 N–H and O–H groups in total. The number of halogens is 1. The van der Waals surface area contributed by atoms with E-state index in [0.29, 0.717) is 16.5 Å². The average Bonchev–Trinajstić information content (AvgIpc) is 2.55. The van der Waals surface area contributed by atoms with Crippen LogP contribution in [0.3, 0.4) is 0 Å². The van der Waals surface area contributed by atoms with E-state index in [1.807, 2.05) is 36.4 Å². The van der Waals surface area contributed by atoms with Gasteiger partial charge in [-0.2, -0.15) is 0 Å². The molecule has 0 spiro atoms. The molecule has 1 unspecified atom stereocenters. The number of ether oxygens (including phenoxy) is 1. The molecule has 0 radical (unpaired) electrons. The lowest BCUT2D eigenvalue weighted by atomic mass is 10.2. The number of benzene rings is 2. The second kappa shape index (κ2) is 9.35. The summed E-state index contributed by atoms with van der Waals surface area (Å²) in [7, 11) is 0. The van der Waals surface area contributed by atoms with Crippen molar-refractivity contribution >= 4 is 40.9 Å². The van der Waals surface area contributed by atoms with Crippen molar-refractivity contribution in [1.29, 1.82) is 0 Å². The van der Waals surface area contributed by atoms with Gasteiger partial charge in [-0.25, -0.2) is 0 Å². The Morgan fingerprint density at radius 2 is 1.92 bits per heavy atom. The highest BCUT2D eigenvalue weighted by atomic mass is 35.5. The molecule has 0 heterocycles. The Balaban J connectivity index is 1.72. The van der Waals surface area contributed by atoms with E-state index in [9.17, 15) is 9.59 Å². The second-order valence-corrected chi connectivity index (χ2v) is 6.53. The van der Waals surface area contributed by atoms with Crippen LogP contribution in [0, 0.1) is 0 Å². The molecule has 0 aliphatic carbocycles. The molecule has 1 atom stereocenters. The monoisotopic (exact) mass is 363 g/mol. The molecule has 0 saturated carbocycles. The SMILES string of the molecule is CC(OC(=O)CSCc1cccc(Cl)c1)C(=O)Nc1ccccc1. The molecule has 4 nitrogen and oxygen atoms in total. The Bertz CT molecular complexity index is 694. The maximum atomic E-state index is 12.0. The van der Waals surface area contributed by atoms with Gasteiger partial charge in [0.2, 0.25) is 0 Å². The first kappa shape index (κ1) is 18.4. The molecule has 0 aromatic heterocycles. The summed E-state index contributed by atoms with van der Waals surface area (Å²) < 4.78 is 5.15. The van der Waals surface area contributed by atoms with Crippen molar-refractivity contribution in [3.8, 4) is 0 Å². The molecule has 2 aromatic rings. The molecule has 0 saturated heterocycles. The van der Waals surface area contributed by atoms with Crippen molar-refractivity contribution in [2.75, 3.05) is 11.1 Å². The van der Waals surface area contributed by atoms with E-state index in [0.717, 1.165) is 5.56 Å². The predicted molar refractivity (Wildman–Crippen MR) is 98.2 cm³/mol. The van der Waals surface area contributed by atoms with Crippen molar-refractivity contribution in [2.45, 2.75) is 18.8 Å². The summed E-state index contributed by atoms with van der Waals surface area (Å²) in [5.41, 5.74) is 1.70. The van der Waals surface area contributed by atoms with Gasteiger partial charge in [-0.05, 0) is 36.8 Å². The van der Waals surface area contributed by atoms with Crippen LogP contribution in [0.4, 0.5) is 5.69 Å². The molecular weight excluding hydrogens is 346 g/mol. The number of esters is 1. The van der Waals surface area contributed by atoms with Crippen LogP contribution in [0.5, 0.6) is 0 Å². The number of amides is 1. The smallest absolute Gasteiger partial charge is 0.316 e. The molecule has 2 aromatic carbocycles. The Hall–Kier alpha value is -1.98. The highest BCUT2D eigenvalue weighted by Gasteiger charge is 2.17. The van der Waals surface area contributed by atoms with E-state index >= 15 is 0 Å². The van der Waals surface area contributed by atoms with Crippen LogP contribution in [0.1, 0.15) is 12.5 Å². The molecule has 0 fully saturated rings. The highest BCUT2D eigenvalue weighted by molar-refractivity contribution is 7.99. The van der Waals surface area contributed by atoms with Crippen LogP contribution in [-0.4, -0.2) is 23.7 Å². The van der Waals surface area contributed by atoms with Gasteiger partial charge in [0.15, 0.2) is 6.10 Å². The van der Waals surface area contributed by atoms with Crippen molar-refractivity contribution in [3.63, 3.8) is 0 Å². The van der Waals surface area contributed by atoms with Gasteiger partial charge in [-0.15, -0.1) is 11.8 Å². The van der Waals surface area contributed by atoms with E-state index in [1.165, 1.54) is 11.8 Å². The summed E-state index contributed by atoms with van der Waals surface area (Å²) in [6.45, 7) is 1.55. The Kier molecular flexibility index (Phi) is 7.15. The number of para-hydroxylation sites is 1. The topological polar surface area (TPSA) is 55.4 Å². The molecule has 126 valence electrons. The van der Waals surface area contributed by atoms with Crippen LogP contribution in [0.15, 0.2) is 54.6 Å². The summed E-state index contributed by atoms with van der Waals surface area (Å²) in [5, 5.41) is 3.37. The van der Waals surface area contributed by atoms with E-state index in [-0.39, 0.29) is 11.7 Å². The van der Waals surface area contributed by atoms with Gasteiger partial charge in [-0.3, -0.25) is 9.59 Å². The third-order valence-electron chi connectivity index (χ3n) is 3.10. The minimum atomic E-state index is -0.843. The average molecular weight is 364 g/mol. The molecule has 24 heavy (non-hydrogen) atoms. The number of anilines is 1. The van der Waals surface area contributed by atoms with E-state index in [2.05, 4.69) is 5.32 Å². The third-order valence-corrected chi connectivity index (χ3v) is 4.31. The number of carbonyl (C=O) groups is 2. The van der Waals surface area contributed by atoms with Crippen LogP contribution in [-0.2, 0) is 20.1 Å². The van der Waals surface area contributed by atoms with Gasteiger partial charge >= 0.3 is 5.97 Å². The van der Waals surface area contributed by atoms with Crippen LogP contribution < -0.4 is 5.32 Å². The first-order chi connectivity index (χ1) is 11.5. The molecule has 0 aliphatic heterocycles. The van der Waals surface area contributed by atoms with Crippen LogP contribution >= 0.6 is 23.4 Å². The van der Waals surface area contributed by atoms with Gasteiger partial charge in [0.25, 0.3) is 5.91 Å². The molecular formula is C18H18ClNO3S. The lowest BCUT2D eigenvalue weighted by Gasteiger charge is -2.13. The second-order valence-electron chi connectivity index (χ2n) is 5.11. The standard InChI is InChI=1S/C18H18ClNO3S/c1-13(18(22)20-16-8-3-2-4-9-16)23-17(21)12-24-11-14-6-5-7-15(19)10-14/h2-10,13H,11-12H2,1H3,(H,20,22). The van der Waals surface area contributed by atoms with E-state index in [4.69, 9.17) is 16.3 Å². The van der Waals surface area contributed by atoms with Gasteiger partial charge < -0.3 is 10.1 Å². The molecule has 0 bridgehead atoms. The number of hydrogen-bond donors (Lipinski definition) is 1. The fourth-order valence-corrected chi connectivity index (χ4v) is 2.89. The fraction of sp³-hybridized carbons (Fsp3) is 0.222. The number of rotatable bonds is 7. The first-order valence-corrected chi connectivity index (χ1v) is 8.95. The molecule has 1 amide bonds. The quantitative estimate of drug-likeness (QED) is 0.751. The summed E-state index contributed by atoms with van der Waals surface area (Å²) in [5.74, 6) is 0.0579. The Morgan fingerprint density at radius 1 is 1.17 bits per heavy atom. The van der Waals surface area contributed by atoms with Gasteiger partial charge in [-0.1, -0.05) is 41.9 Å². The fourth-order valence-electron chi connectivity index (χ4n) is 1.93. The van der Waals surface area contributed by atoms with Crippen LogP contribution in [0.25, 0.3) is 0 Å². The van der Waals surface area contributed by atoms with Gasteiger partial charge in [0.05, 0.1) is 5.75 Å². The summed E-state index contributed by atoms with van der Waals surface area (Å²) in [4.78, 5) is 23.8. The molecule has 6 heteroatoms. The first-order valence-electron chi connectivity index (χ1n) is 7.42. The zero-order valence-corrected chi connectivity index (χ0v) is 14.8. The number of hydrogen-bond acceptors (Lipinski definition) is 4. The zero-order valence-electron chi connectivity index (χ0n) is 13.2. The third kappa shape index (κ3) is 6.26. The zero-order chi connectivity index (χ0) is 17.4. The lowest BCUT2D eigenvalue weighted by Crippen LogP contribution is -2.30. The van der Waals surface area contributed by atoms with Crippen molar-refractivity contribution < 1.29 is 14.3 Å². The minimum absolute atomic E-state index is 0.176. The summed E-state index contributed by atoms with van der Waals surface area (Å²) >= 11 is 7.33. The molecule has 0 aliphatic rings. The maximum Gasteiger partial charge on any atom is 0.316 e. The Morgan fingerprint density at radius 3 is 2.62 bits per heavy atom. The number of nitrogens with one attached hydrogen (secondary N) is 1. The Labute approximate surface area is 150 Å². The van der Waals surface area contributed by atoms with Crippen molar-refractivity contribution in [3.05, 3.63) is 65.2 Å². The maximum absolute atomic E-state index is 12.0. The normalized spacial score (nSPS) is 11.6. The van der Waals surface area contributed by atoms with E-state index in [1.54, 1.807) is 25.1 Å². The number of carbonyl (C=O) groups excluding carboxylic acids is 2. The minimum Gasteiger partial charge on any atom is -0.452 e. The lowest BCUT2D eigenvalue weighted by molar-refractivity contribution is -0.150. The number of thioether (sulfide) groups is 1. The largest absolute Gasteiger partial charge is 0.452 e.